The third kappa shape index (κ3) is 1.67. The van der Waals surface area contributed by atoms with Gasteiger partial charge in [0.05, 0.1) is 5.56 Å². The monoisotopic (exact) mass is 253 g/mol. The maximum Gasteiger partial charge on any atom is 0.140 e. The fraction of sp³-hybridized carbons (Fsp3) is 0.364. The summed E-state index contributed by atoms with van der Waals surface area (Å²) in [4.78, 5) is 0. The van der Waals surface area contributed by atoms with Crippen LogP contribution in [-0.2, 0) is 0 Å². The van der Waals surface area contributed by atoms with Gasteiger partial charge in [0.25, 0.3) is 0 Å². The van der Waals surface area contributed by atoms with Gasteiger partial charge in [0.15, 0.2) is 0 Å². The minimum Gasteiger partial charge on any atom is -0.206 e. The van der Waals surface area contributed by atoms with Crippen LogP contribution in [0.25, 0.3) is 0 Å². The normalized spacial score (nSPS) is 24.4. The van der Waals surface area contributed by atoms with E-state index in [4.69, 9.17) is 5.26 Å². The third-order valence-corrected chi connectivity index (χ3v) is 3.49. The molecule has 3 heteroatoms. The Morgan fingerprint density at radius 2 is 2.36 bits per heavy atom. The van der Waals surface area contributed by atoms with E-state index in [0.29, 0.717) is 11.8 Å². The Balaban J connectivity index is 2.25. The first-order valence-electron chi connectivity index (χ1n) is 4.51. The summed E-state index contributed by atoms with van der Waals surface area (Å²) >= 11 is 3.42. The molecule has 14 heavy (non-hydrogen) atoms. The Morgan fingerprint density at radius 3 is 2.93 bits per heavy atom. The molecule has 1 aliphatic rings. The first kappa shape index (κ1) is 9.67. The Bertz CT molecular complexity index is 397. The summed E-state index contributed by atoms with van der Waals surface area (Å²) in [6.45, 7) is 0. The van der Waals surface area contributed by atoms with Crippen molar-refractivity contribution in [3.8, 4) is 6.07 Å². The quantitative estimate of drug-likeness (QED) is 0.743. The first-order valence-corrected chi connectivity index (χ1v) is 5.64. The predicted molar refractivity (Wildman–Crippen MR) is 55.8 cm³/mol. The van der Waals surface area contributed by atoms with Gasteiger partial charge in [-0.1, -0.05) is 22.0 Å². The van der Waals surface area contributed by atoms with E-state index in [2.05, 4.69) is 15.9 Å². The maximum atomic E-state index is 13.0. The molecule has 0 aromatic heterocycles. The number of nitriles is 1. The summed E-state index contributed by atoms with van der Waals surface area (Å²) in [5.41, 5.74) is 1.25. The van der Waals surface area contributed by atoms with Crippen molar-refractivity contribution >= 4 is 15.9 Å². The van der Waals surface area contributed by atoms with E-state index < -0.39 is 5.82 Å². The highest BCUT2D eigenvalue weighted by atomic mass is 79.9. The molecule has 0 bridgehead atoms. The molecule has 0 saturated heterocycles. The van der Waals surface area contributed by atoms with E-state index in [1.165, 1.54) is 6.07 Å². The summed E-state index contributed by atoms with van der Waals surface area (Å²) in [6, 6.07) is 6.70. The van der Waals surface area contributed by atoms with E-state index in [9.17, 15) is 4.39 Å². The molecule has 2 atom stereocenters. The molecule has 0 radical (unpaired) electrons. The molecule has 72 valence electrons. The molecular weight excluding hydrogens is 245 g/mol. The molecular formula is C11H9BrFN. The molecule has 1 aliphatic carbocycles. The van der Waals surface area contributed by atoms with Crippen molar-refractivity contribution in [2.24, 2.45) is 5.92 Å². The second-order valence-electron chi connectivity index (χ2n) is 3.61. The minimum absolute atomic E-state index is 0.155. The van der Waals surface area contributed by atoms with Gasteiger partial charge in [0, 0.05) is 5.33 Å². The summed E-state index contributed by atoms with van der Waals surface area (Å²) in [6.07, 6.45) is 1.14. The number of hydrogen-bond acceptors (Lipinski definition) is 1. The minimum atomic E-state index is -0.424. The van der Waals surface area contributed by atoms with Crippen molar-refractivity contribution in [2.75, 3.05) is 5.33 Å². The van der Waals surface area contributed by atoms with Crippen LogP contribution in [-0.4, -0.2) is 5.33 Å². The number of rotatable bonds is 2. The molecule has 0 aliphatic heterocycles. The molecule has 1 nitrogen and oxygen atoms in total. The van der Waals surface area contributed by atoms with E-state index in [-0.39, 0.29) is 5.56 Å². The summed E-state index contributed by atoms with van der Waals surface area (Å²) in [5.74, 6) is 0.751. The van der Waals surface area contributed by atoms with Gasteiger partial charge in [-0.3, -0.25) is 0 Å². The Labute approximate surface area is 90.7 Å². The van der Waals surface area contributed by atoms with Crippen LogP contribution in [0.3, 0.4) is 0 Å². The van der Waals surface area contributed by atoms with E-state index in [0.717, 1.165) is 17.3 Å². The highest BCUT2D eigenvalue weighted by molar-refractivity contribution is 9.09. The second kappa shape index (κ2) is 3.70. The number of benzene rings is 1. The summed E-state index contributed by atoms with van der Waals surface area (Å²) in [7, 11) is 0. The number of halogens is 2. The summed E-state index contributed by atoms with van der Waals surface area (Å²) < 4.78 is 13.0. The van der Waals surface area contributed by atoms with E-state index >= 15 is 0 Å². The topological polar surface area (TPSA) is 23.8 Å². The van der Waals surface area contributed by atoms with E-state index in [1.807, 2.05) is 6.07 Å². The molecule has 0 spiro atoms. The van der Waals surface area contributed by atoms with Gasteiger partial charge >= 0.3 is 0 Å². The fourth-order valence-electron chi connectivity index (χ4n) is 1.69. The van der Waals surface area contributed by atoms with Crippen molar-refractivity contribution < 1.29 is 4.39 Å². The fourth-order valence-corrected chi connectivity index (χ4v) is 2.40. The zero-order chi connectivity index (χ0) is 10.1. The molecule has 1 fully saturated rings. The second-order valence-corrected chi connectivity index (χ2v) is 4.26. The van der Waals surface area contributed by atoms with Gasteiger partial charge in [0.2, 0.25) is 0 Å². The highest BCUT2D eigenvalue weighted by Gasteiger charge is 2.37. The lowest BCUT2D eigenvalue weighted by atomic mass is 10.1. The molecule has 1 aromatic rings. The van der Waals surface area contributed by atoms with E-state index in [1.54, 1.807) is 12.1 Å². The van der Waals surface area contributed by atoms with Gasteiger partial charge in [-0.05, 0) is 36.0 Å². The van der Waals surface area contributed by atoms with Crippen LogP contribution in [0.2, 0.25) is 0 Å². The zero-order valence-electron chi connectivity index (χ0n) is 7.50. The van der Waals surface area contributed by atoms with Crippen LogP contribution in [0.15, 0.2) is 18.2 Å². The zero-order valence-corrected chi connectivity index (χ0v) is 9.09. The molecule has 0 amide bonds. The highest BCUT2D eigenvalue weighted by Crippen LogP contribution is 2.48. The molecule has 2 unspecified atom stereocenters. The largest absolute Gasteiger partial charge is 0.206 e. The van der Waals surface area contributed by atoms with Crippen LogP contribution in [0, 0.1) is 23.1 Å². The Morgan fingerprint density at radius 1 is 1.57 bits per heavy atom. The van der Waals surface area contributed by atoms with Gasteiger partial charge < -0.3 is 0 Å². The van der Waals surface area contributed by atoms with Crippen LogP contribution in [0.1, 0.15) is 23.5 Å². The standard InChI is InChI=1S/C11H9BrFN/c12-5-8-4-10(8)7-1-2-11(13)9(3-7)6-14/h1-3,8,10H,4-5H2. The number of hydrogen-bond donors (Lipinski definition) is 0. The van der Waals surface area contributed by atoms with Crippen molar-refractivity contribution in [2.45, 2.75) is 12.3 Å². The average Bonchev–Trinajstić information content (AvgIpc) is 2.98. The van der Waals surface area contributed by atoms with Crippen LogP contribution >= 0.6 is 15.9 Å². The van der Waals surface area contributed by atoms with Crippen molar-refractivity contribution in [3.05, 3.63) is 35.1 Å². The molecule has 1 aromatic carbocycles. The molecule has 2 rings (SSSR count). The molecule has 0 heterocycles. The van der Waals surface area contributed by atoms with Crippen LogP contribution < -0.4 is 0 Å². The predicted octanol–water partition coefficient (Wildman–Crippen LogP) is 3.20. The summed E-state index contributed by atoms with van der Waals surface area (Å²) in [5, 5.41) is 9.65. The lowest BCUT2D eigenvalue weighted by molar-refractivity contribution is 0.623. The molecule has 0 N–H and O–H groups in total. The Hall–Kier alpha value is -0.880. The Kier molecular flexibility index (Phi) is 2.56. The lowest BCUT2D eigenvalue weighted by Gasteiger charge is -2.00. The first-order chi connectivity index (χ1) is 6.76. The third-order valence-electron chi connectivity index (χ3n) is 2.66. The average molecular weight is 254 g/mol. The van der Waals surface area contributed by atoms with Gasteiger partial charge in [0.1, 0.15) is 11.9 Å². The SMILES string of the molecule is N#Cc1cc(C2CC2CBr)ccc1F. The number of alkyl halides is 1. The molecule has 1 saturated carbocycles. The van der Waals surface area contributed by atoms with Crippen molar-refractivity contribution in [1.29, 1.82) is 5.26 Å². The van der Waals surface area contributed by atoms with Gasteiger partial charge in [-0.15, -0.1) is 0 Å². The van der Waals surface area contributed by atoms with Crippen LogP contribution in [0.5, 0.6) is 0 Å². The van der Waals surface area contributed by atoms with Crippen molar-refractivity contribution in [3.63, 3.8) is 0 Å². The number of nitrogens with zero attached hydrogens (tertiary/aromatic N) is 1. The van der Waals surface area contributed by atoms with Gasteiger partial charge in [-0.2, -0.15) is 5.26 Å². The lowest BCUT2D eigenvalue weighted by Crippen LogP contribution is -1.89. The smallest absolute Gasteiger partial charge is 0.140 e. The van der Waals surface area contributed by atoms with Crippen molar-refractivity contribution in [1.82, 2.24) is 0 Å². The maximum absolute atomic E-state index is 13.0. The van der Waals surface area contributed by atoms with Gasteiger partial charge in [-0.25, -0.2) is 4.39 Å². The van der Waals surface area contributed by atoms with Crippen LogP contribution in [0.4, 0.5) is 4.39 Å².